The summed E-state index contributed by atoms with van der Waals surface area (Å²) in [4.78, 5) is 22.9. The molecule has 3 heterocycles. The maximum Gasteiger partial charge on any atom is 0.490 e. The van der Waals surface area contributed by atoms with Gasteiger partial charge in [-0.25, -0.2) is 9.59 Å². The first kappa shape index (κ1) is 31.7. The van der Waals surface area contributed by atoms with Crippen LogP contribution in [0, 0.1) is 12.8 Å². The zero-order chi connectivity index (χ0) is 27.7. The summed E-state index contributed by atoms with van der Waals surface area (Å²) >= 11 is 0. The van der Waals surface area contributed by atoms with Gasteiger partial charge in [-0.1, -0.05) is 0 Å². The number of rotatable bonds is 6. The highest BCUT2D eigenvalue weighted by atomic mass is 19.4. The number of carboxylic acids is 2. The Balaban J connectivity index is 0.000000383. The first-order valence-electron chi connectivity index (χ1n) is 10.7. The van der Waals surface area contributed by atoms with E-state index in [9.17, 15) is 26.3 Å². The highest BCUT2D eigenvalue weighted by molar-refractivity contribution is 5.73. The molecule has 2 saturated heterocycles. The summed E-state index contributed by atoms with van der Waals surface area (Å²) < 4.78 is 80.2. The average molecular weight is 536 g/mol. The second-order valence-electron chi connectivity index (χ2n) is 8.14. The minimum atomic E-state index is -5.08. The third kappa shape index (κ3) is 10.3. The zero-order valence-electron chi connectivity index (χ0n) is 19.9. The Morgan fingerprint density at radius 1 is 1.06 bits per heavy atom. The molecule has 2 fully saturated rings. The van der Waals surface area contributed by atoms with Crippen molar-refractivity contribution in [3.63, 3.8) is 0 Å². The van der Waals surface area contributed by atoms with Crippen molar-refractivity contribution in [1.82, 2.24) is 9.80 Å². The van der Waals surface area contributed by atoms with Crippen molar-refractivity contribution in [3.05, 3.63) is 23.7 Å². The maximum absolute atomic E-state index is 10.6. The van der Waals surface area contributed by atoms with E-state index in [1.54, 1.807) is 7.11 Å². The van der Waals surface area contributed by atoms with Gasteiger partial charge in [-0.2, -0.15) is 26.3 Å². The van der Waals surface area contributed by atoms with Crippen molar-refractivity contribution in [2.24, 2.45) is 5.92 Å². The second kappa shape index (κ2) is 13.8. The number of aryl methyl sites for hydroxylation is 1. The SMILES string of the molecule is COCCN1C[C@@H]2[C@@H](OC)CCN(Cc3ccc(C)o3)[C@@H]2C1.O=C(O)C(F)(F)F.O=C(O)C(F)(F)F. The number of likely N-dealkylation sites (tertiary alicyclic amines) is 2. The van der Waals surface area contributed by atoms with Gasteiger partial charge >= 0.3 is 24.3 Å². The summed E-state index contributed by atoms with van der Waals surface area (Å²) in [6.45, 7) is 8.02. The highest BCUT2D eigenvalue weighted by Crippen LogP contribution is 2.33. The summed E-state index contributed by atoms with van der Waals surface area (Å²) in [5.74, 6) is -2.86. The fourth-order valence-electron chi connectivity index (χ4n) is 3.98. The molecule has 0 bridgehead atoms. The average Bonchev–Trinajstić information content (AvgIpc) is 3.38. The van der Waals surface area contributed by atoms with E-state index in [-0.39, 0.29) is 0 Å². The van der Waals surface area contributed by atoms with Crippen molar-refractivity contribution in [2.75, 3.05) is 47.0 Å². The van der Waals surface area contributed by atoms with Gasteiger partial charge in [0.25, 0.3) is 0 Å². The molecule has 3 atom stereocenters. The number of hydrogen-bond donors (Lipinski definition) is 2. The van der Waals surface area contributed by atoms with Gasteiger partial charge in [0, 0.05) is 52.4 Å². The van der Waals surface area contributed by atoms with Crippen LogP contribution in [0.3, 0.4) is 0 Å². The molecule has 0 saturated carbocycles. The van der Waals surface area contributed by atoms with Crippen LogP contribution in [0.25, 0.3) is 0 Å². The van der Waals surface area contributed by atoms with Gasteiger partial charge in [0.2, 0.25) is 0 Å². The topological polar surface area (TPSA) is 113 Å². The molecule has 0 unspecified atom stereocenters. The Kier molecular flexibility index (Phi) is 12.2. The molecule has 2 N–H and O–H groups in total. The normalized spacial score (nSPS) is 22.6. The number of methoxy groups -OCH3 is 2. The van der Waals surface area contributed by atoms with Gasteiger partial charge in [-0.15, -0.1) is 0 Å². The molecule has 36 heavy (non-hydrogen) atoms. The van der Waals surface area contributed by atoms with Crippen LogP contribution in [0.15, 0.2) is 16.5 Å². The quantitative estimate of drug-likeness (QED) is 0.530. The Morgan fingerprint density at radius 3 is 2.03 bits per heavy atom. The number of halogens is 6. The lowest BCUT2D eigenvalue weighted by Crippen LogP contribution is -2.50. The molecule has 0 spiro atoms. The number of piperidine rings is 1. The molecular weight excluding hydrogens is 506 g/mol. The molecule has 0 amide bonds. The molecule has 1 aromatic rings. The van der Waals surface area contributed by atoms with Crippen LogP contribution in [0.4, 0.5) is 26.3 Å². The summed E-state index contributed by atoms with van der Waals surface area (Å²) in [5, 5.41) is 14.2. The predicted molar refractivity (Wildman–Crippen MR) is 112 cm³/mol. The van der Waals surface area contributed by atoms with Gasteiger partial charge in [0.05, 0.1) is 19.3 Å². The van der Waals surface area contributed by atoms with Crippen LogP contribution in [-0.4, -0.2) is 103 Å². The van der Waals surface area contributed by atoms with E-state index in [0.29, 0.717) is 18.1 Å². The molecule has 3 rings (SSSR count). The number of ether oxygens (including phenoxy) is 2. The summed E-state index contributed by atoms with van der Waals surface area (Å²) in [7, 11) is 3.62. The summed E-state index contributed by atoms with van der Waals surface area (Å²) in [6, 6.07) is 4.71. The molecule has 0 aliphatic carbocycles. The van der Waals surface area contributed by atoms with E-state index >= 15 is 0 Å². The molecule has 208 valence electrons. The van der Waals surface area contributed by atoms with Crippen molar-refractivity contribution < 1.29 is 60.0 Å². The molecular formula is C21H30F6N2O7. The minimum Gasteiger partial charge on any atom is -0.475 e. The molecule has 2 aliphatic heterocycles. The van der Waals surface area contributed by atoms with Crippen molar-refractivity contribution in [2.45, 2.75) is 44.4 Å². The van der Waals surface area contributed by atoms with E-state index in [1.807, 2.05) is 20.1 Å². The van der Waals surface area contributed by atoms with Gasteiger partial charge in [0.1, 0.15) is 11.5 Å². The minimum absolute atomic E-state index is 0.382. The molecule has 1 aromatic heterocycles. The molecule has 15 heteroatoms. The first-order valence-corrected chi connectivity index (χ1v) is 10.7. The number of fused-ring (bicyclic) bond motifs is 1. The van der Waals surface area contributed by atoms with Gasteiger partial charge in [-0.05, 0) is 25.5 Å². The highest BCUT2D eigenvalue weighted by Gasteiger charge is 2.44. The second-order valence-corrected chi connectivity index (χ2v) is 8.14. The third-order valence-corrected chi connectivity index (χ3v) is 5.61. The van der Waals surface area contributed by atoms with E-state index in [0.717, 1.165) is 57.3 Å². The number of carboxylic acid groups (broad SMARTS) is 2. The van der Waals surface area contributed by atoms with Crippen LogP contribution in [-0.2, 0) is 25.6 Å². The Labute approximate surface area is 203 Å². The third-order valence-electron chi connectivity index (χ3n) is 5.61. The van der Waals surface area contributed by atoms with Crippen LogP contribution >= 0.6 is 0 Å². The predicted octanol–water partition coefficient (Wildman–Crippen LogP) is 3.02. The number of carbonyl (C=O) groups is 2. The molecule has 0 radical (unpaired) electrons. The standard InChI is InChI=1S/C17H28N2O3.2C2HF3O2/c1-13-4-5-14(22-13)10-19-7-6-17(21-3)15-11-18(8-9-20-2)12-16(15)19;2*3-2(4,5)1(6)7/h4-5,15-17H,6-12H2,1-3H3;2*(H,6,7)/t15-,16+,17-;;/m0../s1. The summed E-state index contributed by atoms with van der Waals surface area (Å²) in [5.41, 5.74) is 0. The van der Waals surface area contributed by atoms with Gasteiger partial charge in [0.15, 0.2) is 0 Å². The van der Waals surface area contributed by atoms with Gasteiger partial charge < -0.3 is 24.1 Å². The Morgan fingerprint density at radius 2 is 1.61 bits per heavy atom. The van der Waals surface area contributed by atoms with Crippen LogP contribution in [0.2, 0.25) is 0 Å². The lowest BCUT2D eigenvalue weighted by atomic mass is 9.89. The van der Waals surface area contributed by atoms with Crippen LogP contribution in [0.5, 0.6) is 0 Å². The maximum atomic E-state index is 10.6. The number of furan rings is 1. The molecule has 9 nitrogen and oxygen atoms in total. The number of alkyl halides is 6. The molecule has 0 aromatic carbocycles. The number of nitrogens with zero attached hydrogens (tertiary/aromatic N) is 2. The smallest absolute Gasteiger partial charge is 0.475 e. The van der Waals surface area contributed by atoms with Crippen molar-refractivity contribution in [3.8, 4) is 0 Å². The number of hydrogen-bond acceptors (Lipinski definition) is 7. The van der Waals surface area contributed by atoms with E-state index in [4.69, 9.17) is 33.7 Å². The van der Waals surface area contributed by atoms with E-state index in [2.05, 4.69) is 15.9 Å². The van der Waals surface area contributed by atoms with Crippen molar-refractivity contribution >= 4 is 11.9 Å². The lowest BCUT2D eigenvalue weighted by molar-refractivity contribution is -0.193. The van der Waals surface area contributed by atoms with E-state index in [1.165, 1.54) is 0 Å². The van der Waals surface area contributed by atoms with E-state index < -0.39 is 24.3 Å². The lowest BCUT2D eigenvalue weighted by Gasteiger charge is -2.40. The van der Waals surface area contributed by atoms with Crippen LogP contribution in [0.1, 0.15) is 17.9 Å². The first-order chi connectivity index (χ1) is 16.6. The largest absolute Gasteiger partial charge is 0.490 e. The fourth-order valence-corrected chi connectivity index (χ4v) is 3.98. The van der Waals surface area contributed by atoms with Crippen molar-refractivity contribution in [1.29, 1.82) is 0 Å². The fraction of sp³-hybridized carbons (Fsp3) is 0.714. The number of aliphatic carboxylic acids is 2. The molecule has 2 aliphatic rings. The summed E-state index contributed by atoms with van der Waals surface area (Å²) in [6.07, 6.45) is -8.68. The Hall–Kier alpha value is -2.36. The van der Waals surface area contributed by atoms with Crippen LogP contribution < -0.4 is 0 Å². The van der Waals surface area contributed by atoms with Gasteiger partial charge in [-0.3, -0.25) is 9.80 Å². The Bertz CT molecular complexity index is 806. The monoisotopic (exact) mass is 536 g/mol. The zero-order valence-corrected chi connectivity index (χ0v) is 19.9.